The minimum absolute atomic E-state index is 0.0128. The van der Waals surface area contributed by atoms with Crippen LogP contribution in [0.5, 0.6) is 0 Å². The molecule has 90 valence electrons. The standard InChI is InChI=1S/C12H12ClNO3/c1-8(15)9-2-4-10(5-3-9)14-12(17)7-6-11(13)16/h2-5H,6-7H2,1H3,(H,14,17). The van der Waals surface area contributed by atoms with Crippen molar-refractivity contribution in [2.24, 2.45) is 0 Å². The van der Waals surface area contributed by atoms with E-state index in [1.807, 2.05) is 0 Å². The highest BCUT2D eigenvalue weighted by molar-refractivity contribution is 6.63. The Kier molecular flexibility index (Phi) is 4.84. The van der Waals surface area contributed by atoms with Gasteiger partial charge in [0.1, 0.15) is 0 Å². The second kappa shape index (κ2) is 6.15. The molecule has 0 heterocycles. The number of hydrogen-bond donors (Lipinski definition) is 1. The first kappa shape index (κ1) is 13.4. The Morgan fingerprint density at radius 3 is 2.18 bits per heavy atom. The maximum absolute atomic E-state index is 11.3. The van der Waals surface area contributed by atoms with E-state index in [0.29, 0.717) is 11.3 Å². The number of Topliss-reactive ketones (excluding diaryl/α,β-unsaturated/α-hetero) is 1. The number of halogens is 1. The first-order valence-electron chi connectivity index (χ1n) is 5.08. The van der Waals surface area contributed by atoms with Crippen molar-refractivity contribution in [1.29, 1.82) is 0 Å². The van der Waals surface area contributed by atoms with Gasteiger partial charge in [-0.05, 0) is 42.8 Å². The molecule has 1 rings (SSSR count). The lowest BCUT2D eigenvalue weighted by Gasteiger charge is -2.04. The summed E-state index contributed by atoms with van der Waals surface area (Å²) >= 11 is 5.12. The van der Waals surface area contributed by atoms with E-state index in [-0.39, 0.29) is 24.5 Å². The molecular weight excluding hydrogens is 242 g/mol. The van der Waals surface area contributed by atoms with E-state index < -0.39 is 5.24 Å². The maximum atomic E-state index is 11.3. The average Bonchev–Trinajstić information content (AvgIpc) is 2.27. The zero-order valence-electron chi connectivity index (χ0n) is 9.33. The summed E-state index contributed by atoms with van der Waals surface area (Å²) in [5.74, 6) is -0.315. The SMILES string of the molecule is CC(=O)c1ccc(NC(=O)CCC(=O)Cl)cc1. The first-order chi connectivity index (χ1) is 7.99. The van der Waals surface area contributed by atoms with E-state index >= 15 is 0 Å². The Labute approximate surface area is 104 Å². The highest BCUT2D eigenvalue weighted by Crippen LogP contribution is 2.10. The Balaban J connectivity index is 2.54. The Hall–Kier alpha value is -1.68. The molecule has 0 bridgehead atoms. The molecule has 0 atom stereocenters. The Morgan fingerprint density at radius 1 is 1.12 bits per heavy atom. The van der Waals surface area contributed by atoms with Crippen molar-refractivity contribution in [3.63, 3.8) is 0 Å². The number of amides is 1. The molecule has 0 aliphatic rings. The van der Waals surface area contributed by atoms with Gasteiger partial charge in [-0.2, -0.15) is 0 Å². The lowest BCUT2D eigenvalue weighted by atomic mass is 10.1. The largest absolute Gasteiger partial charge is 0.326 e. The Morgan fingerprint density at radius 2 is 1.71 bits per heavy atom. The summed E-state index contributed by atoms with van der Waals surface area (Å²) in [5, 5.41) is 2.07. The summed E-state index contributed by atoms with van der Waals surface area (Å²) < 4.78 is 0. The fourth-order valence-corrected chi connectivity index (χ4v) is 1.32. The average molecular weight is 254 g/mol. The Bertz CT molecular complexity index is 440. The summed E-state index contributed by atoms with van der Waals surface area (Å²) in [4.78, 5) is 32.8. The number of anilines is 1. The van der Waals surface area contributed by atoms with Crippen molar-refractivity contribution in [3.05, 3.63) is 29.8 Å². The van der Waals surface area contributed by atoms with E-state index in [0.717, 1.165) is 0 Å². The smallest absolute Gasteiger partial charge is 0.224 e. The van der Waals surface area contributed by atoms with Gasteiger partial charge in [0.25, 0.3) is 0 Å². The van der Waals surface area contributed by atoms with Crippen molar-refractivity contribution < 1.29 is 14.4 Å². The number of nitrogens with one attached hydrogen (secondary N) is 1. The van der Waals surface area contributed by atoms with Crippen molar-refractivity contribution in [3.8, 4) is 0 Å². The van der Waals surface area contributed by atoms with Crippen LogP contribution in [0.3, 0.4) is 0 Å². The number of ketones is 1. The van der Waals surface area contributed by atoms with Gasteiger partial charge >= 0.3 is 0 Å². The highest BCUT2D eigenvalue weighted by atomic mass is 35.5. The normalized spacial score (nSPS) is 9.76. The van der Waals surface area contributed by atoms with E-state index in [1.165, 1.54) is 6.92 Å². The van der Waals surface area contributed by atoms with Crippen molar-refractivity contribution >= 4 is 34.2 Å². The van der Waals surface area contributed by atoms with Crippen molar-refractivity contribution in [1.82, 2.24) is 0 Å². The molecule has 1 N–H and O–H groups in total. The maximum Gasteiger partial charge on any atom is 0.224 e. The predicted molar refractivity (Wildman–Crippen MR) is 65.2 cm³/mol. The molecule has 0 unspecified atom stereocenters. The molecule has 0 saturated carbocycles. The zero-order valence-corrected chi connectivity index (χ0v) is 10.1. The summed E-state index contributed by atoms with van der Waals surface area (Å²) in [6.07, 6.45) is 0.0652. The summed E-state index contributed by atoms with van der Waals surface area (Å²) in [6, 6.07) is 6.53. The first-order valence-corrected chi connectivity index (χ1v) is 5.46. The third kappa shape index (κ3) is 4.78. The van der Waals surface area contributed by atoms with Crippen LogP contribution in [0.4, 0.5) is 5.69 Å². The molecule has 0 fully saturated rings. The van der Waals surface area contributed by atoms with Crippen LogP contribution in [-0.4, -0.2) is 16.9 Å². The molecule has 0 saturated heterocycles. The fraction of sp³-hybridized carbons (Fsp3) is 0.250. The van der Waals surface area contributed by atoms with Crippen molar-refractivity contribution in [2.75, 3.05) is 5.32 Å². The second-order valence-electron chi connectivity index (χ2n) is 3.54. The lowest BCUT2D eigenvalue weighted by molar-refractivity contribution is -0.119. The van der Waals surface area contributed by atoms with Gasteiger partial charge in [-0.15, -0.1) is 0 Å². The van der Waals surface area contributed by atoms with Gasteiger partial charge in [0.2, 0.25) is 11.1 Å². The molecule has 0 radical (unpaired) electrons. The highest BCUT2D eigenvalue weighted by Gasteiger charge is 2.05. The van der Waals surface area contributed by atoms with E-state index in [9.17, 15) is 14.4 Å². The summed E-state index contributed by atoms with van der Waals surface area (Å²) in [6.45, 7) is 1.47. The predicted octanol–water partition coefficient (Wildman–Crippen LogP) is 2.37. The van der Waals surface area contributed by atoms with Crippen LogP contribution in [0.1, 0.15) is 30.1 Å². The van der Waals surface area contributed by atoms with E-state index in [4.69, 9.17) is 11.6 Å². The molecule has 0 aliphatic carbocycles. The van der Waals surface area contributed by atoms with Crippen LogP contribution < -0.4 is 5.32 Å². The molecule has 1 aromatic carbocycles. The van der Waals surface area contributed by atoms with Crippen LogP contribution in [0.25, 0.3) is 0 Å². The van der Waals surface area contributed by atoms with Crippen LogP contribution in [0.2, 0.25) is 0 Å². The van der Waals surface area contributed by atoms with Gasteiger partial charge in [0.05, 0.1) is 0 Å². The molecule has 0 aromatic heterocycles. The molecule has 0 aliphatic heterocycles. The van der Waals surface area contributed by atoms with E-state index in [1.54, 1.807) is 24.3 Å². The van der Waals surface area contributed by atoms with Gasteiger partial charge < -0.3 is 5.32 Å². The van der Waals surface area contributed by atoms with Crippen LogP contribution in [-0.2, 0) is 9.59 Å². The molecule has 5 heteroatoms. The molecule has 1 amide bonds. The third-order valence-corrected chi connectivity index (χ3v) is 2.31. The quantitative estimate of drug-likeness (QED) is 0.647. The summed E-state index contributed by atoms with van der Waals surface area (Å²) in [5.41, 5.74) is 1.17. The van der Waals surface area contributed by atoms with Gasteiger partial charge in [0, 0.05) is 24.1 Å². The summed E-state index contributed by atoms with van der Waals surface area (Å²) in [7, 11) is 0. The van der Waals surface area contributed by atoms with Gasteiger partial charge in [-0.3, -0.25) is 14.4 Å². The molecule has 4 nitrogen and oxygen atoms in total. The number of benzene rings is 1. The topological polar surface area (TPSA) is 63.2 Å². The number of hydrogen-bond acceptors (Lipinski definition) is 3. The van der Waals surface area contributed by atoms with E-state index in [2.05, 4.69) is 5.32 Å². The minimum Gasteiger partial charge on any atom is -0.326 e. The van der Waals surface area contributed by atoms with Crippen LogP contribution in [0, 0.1) is 0 Å². The third-order valence-electron chi connectivity index (χ3n) is 2.12. The zero-order chi connectivity index (χ0) is 12.8. The van der Waals surface area contributed by atoms with Crippen LogP contribution >= 0.6 is 11.6 Å². The van der Waals surface area contributed by atoms with Gasteiger partial charge in [0.15, 0.2) is 5.78 Å². The fourth-order valence-electron chi connectivity index (χ4n) is 1.22. The van der Waals surface area contributed by atoms with Crippen molar-refractivity contribution in [2.45, 2.75) is 19.8 Å². The van der Waals surface area contributed by atoms with Gasteiger partial charge in [-0.1, -0.05) is 0 Å². The minimum atomic E-state index is -0.535. The number of rotatable bonds is 5. The molecule has 1 aromatic rings. The second-order valence-corrected chi connectivity index (χ2v) is 3.96. The molecule has 0 spiro atoms. The number of carbonyl (C=O) groups is 3. The van der Waals surface area contributed by atoms with Gasteiger partial charge in [-0.25, -0.2) is 0 Å². The molecular formula is C12H12ClNO3. The number of carbonyl (C=O) groups excluding carboxylic acids is 3. The van der Waals surface area contributed by atoms with Crippen LogP contribution in [0.15, 0.2) is 24.3 Å². The monoisotopic (exact) mass is 253 g/mol. The molecule has 17 heavy (non-hydrogen) atoms. The lowest BCUT2D eigenvalue weighted by Crippen LogP contribution is -2.12.